The quantitative estimate of drug-likeness (QED) is 0.672. The van der Waals surface area contributed by atoms with Crippen LogP contribution < -0.4 is 0 Å². The van der Waals surface area contributed by atoms with Crippen LogP contribution in [0.4, 0.5) is 0 Å². The van der Waals surface area contributed by atoms with Gasteiger partial charge in [-0.1, -0.05) is 44.2 Å². The summed E-state index contributed by atoms with van der Waals surface area (Å²) in [5.74, 6) is 0. The molecule has 0 heterocycles. The van der Waals surface area contributed by atoms with E-state index in [1.807, 2.05) is 6.07 Å². The molecule has 0 fully saturated rings. The van der Waals surface area contributed by atoms with Crippen molar-refractivity contribution in [2.75, 3.05) is 0 Å². The zero-order chi connectivity index (χ0) is 11.3. The second-order valence-corrected chi connectivity index (χ2v) is 8.88. The molecular weight excluding hydrogens is 200 g/mol. The van der Waals surface area contributed by atoms with Gasteiger partial charge in [-0.2, -0.15) is 0 Å². The molecule has 1 aromatic rings. The fraction of sp³-hybridized carbons (Fsp3) is 0.538. The summed E-state index contributed by atoms with van der Waals surface area (Å²) < 4.78 is 6.26. The molecule has 0 radical (unpaired) electrons. The summed E-state index contributed by atoms with van der Waals surface area (Å²) in [5.41, 5.74) is 1.29. The van der Waals surface area contributed by atoms with E-state index in [4.69, 9.17) is 4.43 Å². The summed E-state index contributed by atoms with van der Waals surface area (Å²) in [6.45, 7) is 8.97. The van der Waals surface area contributed by atoms with Gasteiger partial charge >= 0.3 is 0 Å². The van der Waals surface area contributed by atoms with Crippen LogP contribution in [0.1, 0.15) is 32.4 Å². The second-order valence-electron chi connectivity index (χ2n) is 4.33. The Balaban J connectivity index is 2.67. The summed E-state index contributed by atoms with van der Waals surface area (Å²) in [7, 11) is -1.44. The highest BCUT2D eigenvalue weighted by Gasteiger charge is 2.26. The van der Waals surface area contributed by atoms with Crippen molar-refractivity contribution in [3.63, 3.8) is 0 Å². The van der Waals surface area contributed by atoms with E-state index in [0.29, 0.717) is 0 Å². The van der Waals surface area contributed by atoms with Crippen LogP contribution in [-0.2, 0) is 4.43 Å². The Morgan fingerprint density at radius 1 is 1.13 bits per heavy atom. The van der Waals surface area contributed by atoms with Crippen molar-refractivity contribution >= 4 is 8.32 Å². The molecule has 0 spiro atoms. The lowest BCUT2D eigenvalue weighted by Gasteiger charge is -2.29. The van der Waals surface area contributed by atoms with Crippen LogP contribution in [0.5, 0.6) is 0 Å². The van der Waals surface area contributed by atoms with Crippen molar-refractivity contribution in [2.24, 2.45) is 0 Å². The molecule has 0 aliphatic heterocycles. The maximum Gasteiger partial charge on any atom is 0.190 e. The number of benzene rings is 1. The predicted octanol–water partition coefficient (Wildman–Crippen LogP) is 4.38. The van der Waals surface area contributed by atoms with E-state index in [9.17, 15) is 0 Å². The number of rotatable bonds is 5. The molecule has 0 amide bonds. The van der Waals surface area contributed by atoms with E-state index in [-0.39, 0.29) is 6.10 Å². The van der Waals surface area contributed by atoms with Crippen molar-refractivity contribution in [1.29, 1.82) is 0 Å². The molecule has 0 aliphatic rings. The molecule has 0 aromatic heterocycles. The van der Waals surface area contributed by atoms with E-state index in [1.54, 1.807) is 0 Å². The Labute approximate surface area is 94.6 Å². The van der Waals surface area contributed by atoms with E-state index in [2.05, 4.69) is 51.6 Å². The van der Waals surface area contributed by atoms with Crippen molar-refractivity contribution in [3.8, 4) is 0 Å². The molecule has 15 heavy (non-hydrogen) atoms. The van der Waals surface area contributed by atoms with Crippen molar-refractivity contribution in [1.82, 2.24) is 0 Å². The van der Waals surface area contributed by atoms with Crippen LogP contribution in [0, 0.1) is 0 Å². The molecule has 1 nitrogen and oxygen atoms in total. The van der Waals surface area contributed by atoms with Gasteiger partial charge in [0, 0.05) is 0 Å². The maximum atomic E-state index is 6.26. The third kappa shape index (κ3) is 3.47. The Hall–Kier alpha value is -0.603. The van der Waals surface area contributed by atoms with Crippen LogP contribution in [0.3, 0.4) is 0 Å². The van der Waals surface area contributed by atoms with Gasteiger partial charge in [0.1, 0.15) is 0 Å². The first-order chi connectivity index (χ1) is 7.11. The fourth-order valence-corrected chi connectivity index (χ4v) is 3.46. The largest absolute Gasteiger partial charge is 0.411 e. The fourth-order valence-electron chi connectivity index (χ4n) is 1.64. The first-order valence-corrected chi connectivity index (χ1v) is 8.66. The van der Waals surface area contributed by atoms with Crippen molar-refractivity contribution < 1.29 is 4.43 Å². The van der Waals surface area contributed by atoms with Crippen molar-refractivity contribution in [2.45, 2.75) is 45.5 Å². The van der Waals surface area contributed by atoms with E-state index >= 15 is 0 Å². The average Bonchev–Trinajstić information content (AvgIpc) is 2.30. The van der Waals surface area contributed by atoms with Gasteiger partial charge in [0.2, 0.25) is 0 Å². The summed E-state index contributed by atoms with van der Waals surface area (Å²) in [6.07, 6.45) is 0.239. The minimum atomic E-state index is -1.44. The molecule has 0 saturated carbocycles. The Morgan fingerprint density at radius 3 is 2.13 bits per heavy atom. The zero-order valence-electron chi connectivity index (χ0n) is 10.3. The maximum absolute atomic E-state index is 6.26. The van der Waals surface area contributed by atoms with Crippen LogP contribution in [0.2, 0.25) is 18.6 Å². The first kappa shape index (κ1) is 12.5. The van der Waals surface area contributed by atoms with Gasteiger partial charge in [0.15, 0.2) is 8.32 Å². The van der Waals surface area contributed by atoms with Gasteiger partial charge in [0.25, 0.3) is 0 Å². The van der Waals surface area contributed by atoms with Crippen LogP contribution >= 0.6 is 0 Å². The summed E-state index contributed by atoms with van der Waals surface area (Å²) in [6, 6.07) is 12.9. The van der Waals surface area contributed by atoms with E-state index in [1.165, 1.54) is 17.7 Å². The molecule has 84 valence electrons. The lowest BCUT2D eigenvalue weighted by Crippen LogP contribution is -2.33. The highest BCUT2D eigenvalue weighted by atomic mass is 28.4. The summed E-state index contributed by atoms with van der Waals surface area (Å²) in [4.78, 5) is 0. The predicted molar refractivity (Wildman–Crippen MR) is 68.5 cm³/mol. The van der Waals surface area contributed by atoms with Gasteiger partial charge in [-0.05, 0) is 31.1 Å². The molecule has 2 heteroatoms. The normalized spacial score (nSPS) is 13.9. The number of hydrogen-bond acceptors (Lipinski definition) is 1. The van der Waals surface area contributed by atoms with Gasteiger partial charge < -0.3 is 4.43 Å². The zero-order valence-corrected chi connectivity index (χ0v) is 11.3. The minimum Gasteiger partial charge on any atom is -0.411 e. The van der Waals surface area contributed by atoms with E-state index < -0.39 is 8.32 Å². The third-order valence-electron chi connectivity index (χ3n) is 3.23. The lowest BCUT2D eigenvalue weighted by molar-refractivity contribution is 0.213. The molecule has 1 atom stereocenters. The summed E-state index contributed by atoms with van der Waals surface area (Å²) >= 11 is 0. The van der Waals surface area contributed by atoms with Crippen LogP contribution in [0.25, 0.3) is 0 Å². The van der Waals surface area contributed by atoms with Crippen molar-refractivity contribution in [3.05, 3.63) is 35.9 Å². The van der Waals surface area contributed by atoms with Gasteiger partial charge in [-0.15, -0.1) is 0 Å². The molecule has 0 bridgehead atoms. The highest BCUT2D eigenvalue weighted by molar-refractivity contribution is 6.72. The van der Waals surface area contributed by atoms with Gasteiger partial charge in [-0.25, -0.2) is 0 Å². The van der Waals surface area contributed by atoms with E-state index in [0.717, 1.165) is 0 Å². The molecule has 1 rings (SSSR count). The molecule has 1 aromatic carbocycles. The molecule has 1 unspecified atom stereocenters. The standard InChI is InChI=1S/C13H22OSi/c1-5-15(4,6-2)14-12(3)13-10-8-7-9-11-13/h7-12H,5-6H2,1-4H3. The SMILES string of the molecule is CC[Si](C)(CC)OC(C)c1ccccc1. The van der Waals surface area contributed by atoms with Crippen LogP contribution in [0.15, 0.2) is 30.3 Å². The Bertz CT molecular complexity index is 280. The Morgan fingerprint density at radius 2 is 1.67 bits per heavy atom. The third-order valence-corrected chi connectivity index (χ3v) is 7.14. The minimum absolute atomic E-state index is 0.239. The summed E-state index contributed by atoms with van der Waals surface area (Å²) in [5, 5.41) is 0. The lowest BCUT2D eigenvalue weighted by atomic mass is 10.1. The highest BCUT2D eigenvalue weighted by Crippen LogP contribution is 2.26. The molecule has 0 saturated heterocycles. The first-order valence-electron chi connectivity index (χ1n) is 5.84. The molecule has 0 N–H and O–H groups in total. The topological polar surface area (TPSA) is 9.23 Å². The number of hydrogen-bond donors (Lipinski definition) is 0. The van der Waals surface area contributed by atoms with Gasteiger partial charge in [0.05, 0.1) is 6.10 Å². The monoisotopic (exact) mass is 222 g/mol. The van der Waals surface area contributed by atoms with Gasteiger partial charge in [-0.3, -0.25) is 0 Å². The average molecular weight is 222 g/mol. The van der Waals surface area contributed by atoms with Crippen LogP contribution in [-0.4, -0.2) is 8.32 Å². The molecule has 0 aliphatic carbocycles. The molecular formula is C13H22OSi. The Kier molecular flexibility index (Phi) is 4.55. The smallest absolute Gasteiger partial charge is 0.190 e. The second kappa shape index (κ2) is 5.47.